The molecule has 0 aromatic carbocycles. The van der Waals surface area contributed by atoms with Gasteiger partial charge in [-0.1, -0.05) is 6.42 Å². The highest BCUT2D eigenvalue weighted by Crippen LogP contribution is 2.49. The Morgan fingerprint density at radius 3 is 2.95 bits per heavy atom. The fraction of sp³-hybridized carbons (Fsp3) is 0.625. The van der Waals surface area contributed by atoms with Crippen molar-refractivity contribution < 1.29 is 4.79 Å². The van der Waals surface area contributed by atoms with Crippen LogP contribution in [0.25, 0.3) is 0 Å². The maximum Gasteiger partial charge on any atom is 0.254 e. The summed E-state index contributed by atoms with van der Waals surface area (Å²) in [6.45, 7) is 2.17. The first-order valence-corrected chi connectivity index (χ1v) is 8.71. The molecule has 4 atom stereocenters. The molecule has 2 aliphatic carbocycles. The SMILES string of the molecule is CSc1ncccc1C(=O)N[C@@H](C)[C@@H]1C[C@H]2CC[C@@H]1C2. The van der Waals surface area contributed by atoms with Gasteiger partial charge < -0.3 is 5.32 Å². The molecule has 0 radical (unpaired) electrons. The van der Waals surface area contributed by atoms with E-state index in [-0.39, 0.29) is 11.9 Å². The number of amides is 1. The van der Waals surface area contributed by atoms with Gasteiger partial charge in [0.1, 0.15) is 5.03 Å². The summed E-state index contributed by atoms with van der Waals surface area (Å²) in [6.07, 6.45) is 9.14. The second-order valence-electron chi connectivity index (χ2n) is 6.16. The van der Waals surface area contributed by atoms with Crippen molar-refractivity contribution in [1.82, 2.24) is 10.3 Å². The molecule has 1 N–H and O–H groups in total. The average Bonchev–Trinajstić information content (AvgIpc) is 3.09. The largest absolute Gasteiger partial charge is 0.349 e. The van der Waals surface area contributed by atoms with Crippen LogP contribution in [0.2, 0.25) is 0 Å². The third-order valence-corrected chi connectivity index (χ3v) is 5.71. The Morgan fingerprint density at radius 2 is 2.30 bits per heavy atom. The Hall–Kier alpha value is -1.03. The lowest BCUT2D eigenvalue weighted by Crippen LogP contribution is -2.40. The first-order chi connectivity index (χ1) is 9.69. The first kappa shape index (κ1) is 13.9. The highest BCUT2D eigenvalue weighted by Gasteiger charge is 2.42. The van der Waals surface area contributed by atoms with E-state index in [1.165, 1.54) is 37.4 Å². The van der Waals surface area contributed by atoms with E-state index in [1.807, 2.05) is 18.4 Å². The second-order valence-corrected chi connectivity index (χ2v) is 6.96. The molecule has 0 saturated heterocycles. The van der Waals surface area contributed by atoms with Crippen LogP contribution in [0.15, 0.2) is 23.4 Å². The van der Waals surface area contributed by atoms with Gasteiger partial charge in [0, 0.05) is 12.2 Å². The number of pyridine rings is 1. The molecule has 1 heterocycles. The standard InChI is InChI=1S/C16H22N2OS/c1-10(14-9-11-5-6-12(14)8-11)18-15(19)13-4-3-7-17-16(13)20-2/h3-4,7,10-12,14H,5-6,8-9H2,1-2H3,(H,18,19)/t10-,11-,12+,14-/m0/s1. The van der Waals surface area contributed by atoms with Crippen LogP contribution in [0.3, 0.4) is 0 Å². The van der Waals surface area contributed by atoms with E-state index < -0.39 is 0 Å². The van der Waals surface area contributed by atoms with E-state index in [1.54, 1.807) is 6.20 Å². The Balaban J connectivity index is 1.66. The highest BCUT2D eigenvalue weighted by atomic mass is 32.2. The van der Waals surface area contributed by atoms with Crippen molar-refractivity contribution in [3.8, 4) is 0 Å². The van der Waals surface area contributed by atoms with E-state index >= 15 is 0 Å². The van der Waals surface area contributed by atoms with Crippen molar-refractivity contribution in [3.05, 3.63) is 23.9 Å². The van der Waals surface area contributed by atoms with Crippen LogP contribution in [0, 0.1) is 17.8 Å². The molecule has 3 rings (SSSR count). The Kier molecular flexibility index (Phi) is 4.01. The summed E-state index contributed by atoms with van der Waals surface area (Å²) in [5.41, 5.74) is 0.704. The number of rotatable bonds is 4. The van der Waals surface area contributed by atoms with E-state index in [2.05, 4.69) is 17.2 Å². The van der Waals surface area contributed by atoms with Crippen molar-refractivity contribution in [2.24, 2.45) is 17.8 Å². The summed E-state index contributed by atoms with van der Waals surface area (Å²) in [6, 6.07) is 3.96. The zero-order chi connectivity index (χ0) is 14.1. The van der Waals surface area contributed by atoms with Gasteiger partial charge in [0.2, 0.25) is 0 Å². The van der Waals surface area contributed by atoms with Gasteiger partial charge in [-0.05, 0) is 62.3 Å². The minimum absolute atomic E-state index is 0.0257. The Morgan fingerprint density at radius 1 is 1.45 bits per heavy atom. The maximum absolute atomic E-state index is 12.4. The van der Waals surface area contributed by atoms with Crippen molar-refractivity contribution in [1.29, 1.82) is 0 Å². The van der Waals surface area contributed by atoms with Gasteiger partial charge in [-0.25, -0.2) is 4.98 Å². The molecule has 1 aromatic rings. The molecule has 2 bridgehead atoms. The third-order valence-electron chi connectivity index (χ3n) is 5.00. The van der Waals surface area contributed by atoms with Gasteiger partial charge in [-0.3, -0.25) is 4.79 Å². The average molecular weight is 290 g/mol. The van der Waals surface area contributed by atoms with E-state index in [9.17, 15) is 4.79 Å². The number of hydrogen-bond donors (Lipinski definition) is 1. The van der Waals surface area contributed by atoms with Gasteiger partial charge in [-0.15, -0.1) is 11.8 Å². The van der Waals surface area contributed by atoms with Crippen molar-refractivity contribution in [3.63, 3.8) is 0 Å². The number of fused-ring (bicyclic) bond motifs is 2. The summed E-state index contributed by atoms with van der Waals surface area (Å²) in [4.78, 5) is 16.7. The molecule has 2 saturated carbocycles. The lowest BCUT2D eigenvalue weighted by Gasteiger charge is -2.28. The molecule has 2 aliphatic rings. The molecule has 108 valence electrons. The quantitative estimate of drug-likeness (QED) is 0.865. The van der Waals surface area contributed by atoms with Crippen LogP contribution in [-0.2, 0) is 0 Å². The first-order valence-electron chi connectivity index (χ1n) is 7.49. The van der Waals surface area contributed by atoms with Crippen molar-refractivity contribution in [2.45, 2.75) is 43.7 Å². The van der Waals surface area contributed by atoms with Crippen LogP contribution in [0.4, 0.5) is 0 Å². The van der Waals surface area contributed by atoms with Gasteiger partial charge in [0.15, 0.2) is 0 Å². The lowest BCUT2D eigenvalue weighted by atomic mass is 9.84. The fourth-order valence-corrected chi connectivity index (χ4v) is 4.57. The van der Waals surface area contributed by atoms with Crippen molar-refractivity contribution in [2.75, 3.05) is 6.26 Å². The summed E-state index contributed by atoms with van der Waals surface area (Å²) in [5.74, 6) is 2.46. The van der Waals surface area contributed by atoms with Crippen molar-refractivity contribution >= 4 is 17.7 Å². The summed E-state index contributed by atoms with van der Waals surface area (Å²) < 4.78 is 0. The number of carbonyl (C=O) groups is 1. The predicted octanol–water partition coefficient (Wildman–Crippen LogP) is 3.36. The molecular formula is C16H22N2OS. The van der Waals surface area contributed by atoms with Crippen LogP contribution < -0.4 is 5.32 Å². The topological polar surface area (TPSA) is 42.0 Å². The van der Waals surface area contributed by atoms with E-state index in [0.717, 1.165) is 16.9 Å². The minimum atomic E-state index is 0.0257. The molecule has 20 heavy (non-hydrogen) atoms. The van der Waals surface area contributed by atoms with Gasteiger partial charge in [0.25, 0.3) is 5.91 Å². The Labute approximate surface area is 124 Å². The molecule has 4 heteroatoms. The number of nitrogens with one attached hydrogen (secondary N) is 1. The zero-order valence-electron chi connectivity index (χ0n) is 12.1. The number of hydrogen-bond acceptors (Lipinski definition) is 3. The summed E-state index contributed by atoms with van der Waals surface area (Å²) in [5, 5.41) is 4.02. The van der Waals surface area contributed by atoms with Gasteiger partial charge >= 0.3 is 0 Å². The number of thioether (sulfide) groups is 1. The normalized spacial score (nSPS) is 29.4. The zero-order valence-corrected chi connectivity index (χ0v) is 13.0. The van der Waals surface area contributed by atoms with E-state index in [4.69, 9.17) is 0 Å². The second kappa shape index (κ2) is 5.76. The van der Waals surface area contributed by atoms with Crippen LogP contribution in [-0.4, -0.2) is 23.2 Å². The third kappa shape index (κ3) is 2.58. The molecule has 2 fully saturated rings. The number of aromatic nitrogens is 1. The fourth-order valence-electron chi connectivity index (χ4n) is 4.02. The van der Waals surface area contributed by atoms with Crippen LogP contribution in [0.1, 0.15) is 43.0 Å². The lowest BCUT2D eigenvalue weighted by molar-refractivity contribution is 0.0911. The molecule has 1 amide bonds. The summed E-state index contributed by atoms with van der Waals surface area (Å²) >= 11 is 1.52. The highest BCUT2D eigenvalue weighted by molar-refractivity contribution is 7.98. The maximum atomic E-state index is 12.4. The van der Waals surface area contributed by atoms with Crippen LogP contribution >= 0.6 is 11.8 Å². The molecular weight excluding hydrogens is 268 g/mol. The molecule has 0 unspecified atom stereocenters. The smallest absolute Gasteiger partial charge is 0.254 e. The van der Waals surface area contributed by atoms with Gasteiger partial charge in [-0.2, -0.15) is 0 Å². The Bertz CT molecular complexity index is 505. The minimum Gasteiger partial charge on any atom is -0.349 e. The summed E-state index contributed by atoms with van der Waals surface area (Å²) in [7, 11) is 0. The van der Waals surface area contributed by atoms with Gasteiger partial charge in [0.05, 0.1) is 5.56 Å². The van der Waals surface area contributed by atoms with Crippen LogP contribution in [0.5, 0.6) is 0 Å². The molecule has 3 nitrogen and oxygen atoms in total. The monoisotopic (exact) mass is 290 g/mol. The number of nitrogens with zero attached hydrogens (tertiary/aromatic N) is 1. The number of carbonyl (C=O) groups excluding carboxylic acids is 1. The van der Waals surface area contributed by atoms with E-state index in [0.29, 0.717) is 11.5 Å². The molecule has 0 aliphatic heterocycles. The molecule has 0 spiro atoms. The molecule has 1 aromatic heterocycles. The predicted molar refractivity (Wildman–Crippen MR) is 81.9 cm³/mol.